The molecule has 2 amide bonds. The third-order valence-electron chi connectivity index (χ3n) is 3.85. The fraction of sp³-hybridized carbons (Fsp3) is 0.375. The van der Waals surface area contributed by atoms with Crippen molar-refractivity contribution < 1.29 is 9.53 Å². The van der Waals surface area contributed by atoms with Crippen LogP contribution in [0.4, 0.5) is 9.93 Å². The number of ether oxygens (including phenoxy) is 1. The van der Waals surface area contributed by atoms with Crippen LogP contribution in [0.1, 0.15) is 29.3 Å². The summed E-state index contributed by atoms with van der Waals surface area (Å²) >= 11 is 1.49. The number of urea groups is 1. The van der Waals surface area contributed by atoms with E-state index < -0.39 is 0 Å². The first-order valence-corrected chi connectivity index (χ1v) is 8.13. The van der Waals surface area contributed by atoms with Crippen LogP contribution in [-0.4, -0.2) is 29.6 Å². The predicted octanol–water partition coefficient (Wildman–Crippen LogP) is 3.83. The van der Waals surface area contributed by atoms with Crippen molar-refractivity contribution in [3.63, 3.8) is 0 Å². The minimum absolute atomic E-state index is 0.0762. The number of likely N-dealkylation sites (tertiary alicyclic amines) is 1. The molecule has 0 radical (unpaired) electrons. The number of anilines is 1. The van der Waals surface area contributed by atoms with E-state index in [1.807, 2.05) is 36.1 Å². The van der Waals surface area contributed by atoms with Crippen LogP contribution in [0.25, 0.3) is 0 Å². The zero-order valence-electron chi connectivity index (χ0n) is 12.7. The van der Waals surface area contributed by atoms with Crippen LogP contribution in [0.15, 0.2) is 30.5 Å². The van der Waals surface area contributed by atoms with Crippen LogP contribution >= 0.6 is 11.3 Å². The third kappa shape index (κ3) is 3.06. The topological polar surface area (TPSA) is 54.5 Å². The number of aryl methyl sites for hydroxylation is 1. The Labute approximate surface area is 133 Å². The number of rotatable bonds is 3. The first-order chi connectivity index (χ1) is 10.7. The first kappa shape index (κ1) is 14.8. The van der Waals surface area contributed by atoms with Crippen molar-refractivity contribution in [3.8, 4) is 5.75 Å². The third-order valence-corrected chi connectivity index (χ3v) is 4.68. The molecule has 2 aromatic rings. The van der Waals surface area contributed by atoms with Crippen LogP contribution in [0.5, 0.6) is 5.75 Å². The van der Waals surface area contributed by atoms with Gasteiger partial charge in [-0.2, -0.15) is 0 Å². The van der Waals surface area contributed by atoms with Gasteiger partial charge in [0.15, 0.2) is 5.13 Å². The van der Waals surface area contributed by atoms with Gasteiger partial charge in [-0.05, 0) is 37.5 Å². The Balaban J connectivity index is 1.72. The number of amides is 2. The van der Waals surface area contributed by atoms with Crippen LogP contribution in [-0.2, 0) is 0 Å². The highest BCUT2D eigenvalue weighted by Gasteiger charge is 2.30. The van der Waals surface area contributed by atoms with Crippen molar-refractivity contribution in [1.29, 1.82) is 0 Å². The summed E-state index contributed by atoms with van der Waals surface area (Å²) in [5, 5.41) is 3.55. The number of methoxy groups -OCH3 is 1. The lowest BCUT2D eigenvalue weighted by Crippen LogP contribution is -2.34. The summed E-state index contributed by atoms with van der Waals surface area (Å²) in [4.78, 5) is 19.7. The molecule has 0 spiro atoms. The standard InChI is InChI=1S/C16H19N3O2S/c1-11-10-17-15(22-11)18-16(20)19-9-3-4-14(19)12-5-7-13(21-2)8-6-12/h5-8,10,14H,3-4,9H2,1-2H3,(H,17,18,20). The fourth-order valence-corrected chi connectivity index (χ4v) is 3.41. The number of hydrogen-bond donors (Lipinski definition) is 1. The summed E-state index contributed by atoms with van der Waals surface area (Å²) in [5.74, 6) is 0.830. The largest absolute Gasteiger partial charge is 0.497 e. The molecule has 1 aromatic carbocycles. The second-order valence-electron chi connectivity index (χ2n) is 5.33. The van der Waals surface area contributed by atoms with Crippen molar-refractivity contribution in [3.05, 3.63) is 40.9 Å². The molecule has 0 bridgehead atoms. The molecule has 1 saturated heterocycles. The van der Waals surface area contributed by atoms with Gasteiger partial charge in [0.2, 0.25) is 0 Å². The molecular weight excluding hydrogens is 298 g/mol. The Hall–Kier alpha value is -2.08. The van der Waals surface area contributed by atoms with E-state index in [-0.39, 0.29) is 12.1 Å². The van der Waals surface area contributed by atoms with Gasteiger partial charge in [0.1, 0.15) is 5.75 Å². The summed E-state index contributed by atoms with van der Waals surface area (Å²) in [6.07, 6.45) is 3.77. The SMILES string of the molecule is COc1ccc(C2CCCN2C(=O)Nc2ncc(C)s2)cc1. The van der Waals surface area contributed by atoms with E-state index in [1.165, 1.54) is 11.3 Å². The van der Waals surface area contributed by atoms with Gasteiger partial charge in [0.05, 0.1) is 13.2 Å². The number of carbonyl (C=O) groups is 1. The van der Waals surface area contributed by atoms with Gasteiger partial charge in [-0.15, -0.1) is 11.3 Å². The molecule has 5 nitrogen and oxygen atoms in total. The molecular formula is C16H19N3O2S. The Morgan fingerprint density at radius 3 is 2.82 bits per heavy atom. The molecule has 1 aliphatic rings. The zero-order chi connectivity index (χ0) is 15.5. The van der Waals surface area contributed by atoms with Crippen LogP contribution in [0.2, 0.25) is 0 Å². The maximum Gasteiger partial charge on any atom is 0.324 e. The van der Waals surface area contributed by atoms with Gasteiger partial charge in [-0.25, -0.2) is 9.78 Å². The average Bonchev–Trinajstić information content (AvgIpc) is 3.16. The lowest BCUT2D eigenvalue weighted by atomic mass is 10.0. The number of nitrogens with zero attached hydrogens (tertiary/aromatic N) is 2. The molecule has 2 heterocycles. The summed E-state index contributed by atoms with van der Waals surface area (Å²) in [6.45, 7) is 2.75. The van der Waals surface area contributed by atoms with Gasteiger partial charge in [0, 0.05) is 17.6 Å². The number of hydrogen-bond acceptors (Lipinski definition) is 4. The normalized spacial score (nSPS) is 17.5. The van der Waals surface area contributed by atoms with Crippen molar-refractivity contribution in [2.75, 3.05) is 19.0 Å². The summed E-state index contributed by atoms with van der Waals surface area (Å²) in [6, 6.07) is 7.98. The molecule has 1 aliphatic heterocycles. The van der Waals surface area contributed by atoms with E-state index in [9.17, 15) is 4.79 Å². The number of thiazole rings is 1. The molecule has 6 heteroatoms. The number of carbonyl (C=O) groups excluding carboxylic acids is 1. The Morgan fingerprint density at radius 2 is 2.18 bits per heavy atom. The highest BCUT2D eigenvalue weighted by Crippen LogP contribution is 2.33. The quantitative estimate of drug-likeness (QED) is 0.936. The molecule has 22 heavy (non-hydrogen) atoms. The second kappa shape index (κ2) is 6.36. The zero-order valence-corrected chi connectivity index (χ0v) is 13.5. The van der Waals surface area contributed by atoms with Gasteiger partial charge < -0.3 is 9.64 Å². The highest BCUT2D eigenvalue weighted by atomic mass is 32.1. The van der Waals surface area contributed by atoms with Crippen LogP contribution < -0.4 is 10.1 Å². The molecule has 1 N–H and O–H groups in total. The Bertz CT molecular complexity index is 654. The minimum Gasteiger partial charge on any atom is -0.497 e. The molecule has 0 saturated carbocycles. The molecule has 1 atom stereocenters. The smallest absolute Gasteiger partial charge is 0.324 e. The monoisotopic (exact) mass is 317 g/mol. The van der Waals surface area contributed by atoms with Gasteiger partial charge in [-0.3, -0.25) is 5.32 Å². The maximum atomic E-state index is 12.5. The summed E-state index contributed by atoms with van der Waals surface area (Å²) < 4.78 is 5.19. The first-order valence-electron chi connectivity index (χ1n) is 7.31. The van der Waals surface area contributed by atoms with Gasteiger partial charge in [0.25, 0.3) is 0 Å². The highest BCUT2D eigenvalue weighted by molar-refractivity contribution is 7.15. The molecule has 3 rings (SSSR count). The number of nitrogens with one attached hydrogen (secondary N) is 1. The molecule has 1 aromatic heterocycles. The number of benzene rings is 1. The molecule has 1 fully saturated rings. The van der Waals surface area contributed by atoms with Crippen molar-refractivity contribution in [2.24, 2.45) is 0 Å². The minimum atomic E-state index is -0.0762. The molecule has 1 unspecified atom stereocenters. The van der Waals surface area contributed by atoms with Crippen molar-refractivity contribution >= 4 is 22.5 Å². The van der Waals surface area contributed by atoms with E-state index in [4.69, 9.17) is 4.74 Å². The van der Waals surface area contributed by atoms with Gasteiger partial charge >= 0.3 is 6.03 Å². The van der Waals surface area contributed by atoms with Crippen molar-refractivity contribution in [1.82, 2.24) is 9.88 Å². The molecule has 0 aliphatic carbocycles. The Morgan fingerprint density at radius 1 is 1.41 bits per heavy atom. The predicted molar refractivity (Wildman–Crippen MR) is 87.5 cm³/mol. The lowest BCUT2D eigenvalue weighted by molar-refractivity contribution is 0.207. The van der Waals surface area contributed by atoms with Crippen molar-refractivity contribution in [2.45, 2.75) is 25.8 Å². The van der Waals surface area contributed by atoms with E-state index in [0.717, 1.165) is 35.6 Å². The molecule has 116 valence electrons. The lowest BCUT2D eigenvalue weighted by Gasteiger charge is -2.25. The van der Waals surface area contributed by atoms with E-state index in [1.54, 1.807) is 13.3 Å². The maximum absolute atomic E-state index is 12.5. The van der Waals surface area contributed by atoms with Gasteiger partial charge in [-0.1, -0.05) is 12.1 Å². The Kier molecular flexibility index (Phi) is 4.29. The fourth-order valence-electron chi connectivity index (χ4n) is 2.76. The number of aromatic nitrogens is 1. The summed E-state index contributed by atoms with van der Waals surface area (Å²) in [7, 11) is 1.65. The summed E-state index contributed by atoms with van der Waals surface area (Å²) in [5.41, 5.74) is 1.14. The van der Waals surface area contributed by atoms with E-state index in [0.29, 0.717) is 5.13 Å². The second-order valence-corrected chi connectivity index (χ2v) is 6.57. The van der Waals surface area contributed by atoms with Crippen LogP contribution in [0.3, 0.4) is 0 Å². The van der Waals surface area contributed by atoms with E-state index >= 15 is 0 Å². The van der Waals surface area contributed by atoms with E-state index in [2.05, 4.69) is 10.3 Å². The van der Waals surface area contributed by atoms with Crippen LogP contribution in [0, 0.1) is 6.92 Å². The average molecular weight is 317 g/mol.